The minimum atomic E-state index is -0.625. The summed E-state index contributed by atoms with van der Waals surface area (Å²) in [6, 6.07) is 16.5. The summed E-state index contributed by atoms with van der Waals surface area (Å²) >= 11 is 0. The van der Waals surface area contributed by atoms with Crippen LogP contribution in [0.2, 0.25) is 0 Å². The first-order chi connectivity index (χ1) is 16.0. The fraction of sp³-hybridized carbons (Fsp3) is 0.269. The monoisotopic (exact) mass is 462 g/mol. The molecule has 0 saturated heterocycles. The lowest BCUT2D eigenvalue weighted by atomic mass is 10.1. The standard InChI is InChI=1S/C26H30N4O4/c1-17-13-19(16-30(5)24(17)32)23(31)29-21-12-11-20(28-25(33)34-26(2,3)4)14-22(21)27-15-18-9-7-6-8-10-18/h6-14,16,27H,15H2,1-5H3,(H,28,33)(H,29,31). The maximum atomic E-state index is 12.9. The summed E-state index contributed by atoms with van der Waals surface area (Å²) in [6.07, 6.45) is 0.930. The average molecular weight is 463 g/mol. The number of anilines is 3. The molecule has 0 aliphatic rings. The van der Waals surface area contributed by atoms with Crippen LogP contribution < -0.4 is 21.5 Å². The van der Waals surface area contributed by atoms with Crippen molar-refractivity contribution >= 4 is 29.1 Å². The number of ether oxygens (including phenoxy) is 1. The van der Waals surface area contributed by atoms with Crippen molar-refractivity contribution < 1.29 is 14.3 Å². The minimum absolute atomic E-state index is 0.153. The first kappa shape index (κ1) is 24.6. The zero-order valence-corrected chi connectivity index (χ0v) is 20.1. The van der Waals surface area contributed by atoms with E-state index in [0.29, 0.717) is 34.7 Å². The largest absolute Gasteiger partial charge is 0.444 e. The van der Waals surface area contributed by atoms with Gasteiger partial charge < -0.3 is 19.9 Å². The van der Waals surface area contributed by atoms with E-state index in [1.165, 1.54) is 10.8 Å². The molecule has 8 nitrogen and oxygen atoms in total. The number of hydrogen-bond donors (Lipinski definition) is 3. The van der Waals surface area contributed by atoms with Gasteiger partial charge in [0.25, 0.3) is 11.5 Å². The molecule has 0 spiro atoms. The van der Waals surface area contributed by atoms with Crippen molar-refractivity contribution in [3.8, 4) is 0 Å². The molecule has 3 N–H and O–H groups in total. The van der Waals surface area contributed by atoms with Gasteiger partial charge in [0.2, 0.25) is 0 Å². The van der Waals surface area contributed by atoms with E-state index in [1.54, 1.807) is 59.0 Å². The van der Waals surface area contributed by atoms with Gasteiger partial charge in [-0.15, -0.1) is 0 Å². The van der Waals surface area contributed by atoms with Gasteiger partial charge in [0.05, 0.1) is 16.9 Å². The number of aryl methyl sites for hydroxylation is 2. The fourth-order valence-corrected chi connectivity index (χ4v) is 3.29. The third-order valence-corrected chi connectivity index (χ3v) is 4.86. The van der Waals surface area contributed by atoms with E-state index in [9.17, 15) is 14.4 Å². The van der Waals surface area contributed by atoms with Crippen LogP contribution in [0.3, 0.4) is 0 Å². The summed E-state index contributed by atoms with van der Waals surface area (Å²) in [6.45, 7) is 7.55. The van der Waals surface area contributed by atoms with Crippen LogP contribution in [0.5, 0.6) is 0 Å². The number of pyridine rings is 1. The molecule has 1 heterocycles. The number of nitrogens with one attached hydrogen (secondary N) is 3. The number of nitrogens with zero attached hydrogens (tertiary/aromatic N) is 1. The number of carbonyl (C=O) groups is 2. The van der Waals surface area contributed by atoms with E-state index in [2.05, 4.69) is 16.0 Å². The van der Waals surface area contributed by atoms with Crippen LogP contribution in [-0.4, -0.2) is 22.2 Å². The van der Waals surface area contributed by atoms with Crippen LogP contribution in [0.4, 0.5) is 21.9 Å². The Morgan fingerprint density at radius 1 is 0.971 bits per heavy atom. The van der Waals surface area contributed by atoms with Crippen LogP contribution in [0.15, 0.2) is 65.6 Å². The second kappa shape index (κ2) is 10.2. The first-order valence-corrected chi connectivity index (χ1v) is 10.9. The molecule has 34 heavy (non-hydrogen) atoms. The number of aromatic nitrogens is 1. The molecule has 0 aliphatic carbocycles. The Balaban J connectivity index is 1.86. The zero-order valence-electron chi connectivity index (χ0n) is 20.1. The van der Waals surface area contributed by atoms with Crippen molar-refractivity contribution in [1.29, 1.82) is 0 Å². The maximum absolute atomic E-state index is 12.9. The Morgan fingerprint density at radius 2 is 1.68 bits per heavy atom. The summed E-state index contributed by atoms with van der Waals surface area (Å²) in [4.78, 5) is 37.1. The van der Waals surface area contributed by atoms with Crippen molar-refractivity contribution in [1.82, 2.24) is 4.57 Å². The lowest BCUT2D eigenvalue weighted by Crippen LogP contribution is -2.27. The number of carbonyl (C=O) groups excluding carboxylic acids is 2. The highest BCUT2D eigenvalue weighted by molar-refractivity contribution is 6.06. The second-order valence-corrected chi connectivity index (χ2v) is 9.01. The van der Waals surface area contributed by atoms with E-state index < -0.39 is 11.7 Å². The van der Waals surface area contributed by atoms with E-state index in [0.717, 1.165) is 5.56 Å². The first-order valence-electron chi connectivity index (χ1n) is 10.9. The number of benzene rings is 2. The molecule has 0 fully saturated rings. The van der Waals surface area contributed by atoms with Gasteiger partial charge in [0, 0.05) is 31.0 Å². The van der Waals surface area contributed by atoms with Crippen molar-refractivity contribution in [2.45, 2.75) is 39.8 Å². The van der Waals surface area contributed by atoms with Crippen LogP contribution in [0.1, 0.15) is 42.3 Å². The Morgan fingerprint density at radius 3 is 2.32 bits per heavy atom. The predicted octanol–water partition coefficient (Wildman–Crippen LogP) is 4.91. The molecule has 178 valence electrons. The number of amides is 2. The molecule has 0 radical (unpaired) electrons. The maximum Gasteiger partial charge on any atom is 0.412 e. The molecule has 8 heteroatoms. The number of rotatable bonds is 6. The van der Waals surface area contributed by atoms with Crippen LogP contribution >= 0.6 is 0 Å². The lowest BCUT2D eigenvalue weighted by molar-refractivity contribution is 0.0635. The van der Waals surface area contributed by atoms with Gasteiger partial charge in [0.1, 0.15) is 5.60 Å². The van der Waals surface area contributed by atoms with E-state index >= 15 is 0 Å². The zero-order chi connectivity index (χ0) is 24.9. The molecule has 1 aromatic heterocycles. The highest BCUT2D eigenvalue weighted by Crippen LogP contribution is 2.27. The van der Waals surface area contributed by atoms with Crippen LogP contribution in [-0.2, 0) is 18.3 Å². The van der Waals surface area contributed by atoms with Crippen molar-refractivity contribution in [3.05, 3.63) is 87.8 Å². The van der Waals surface area contributed by atoms with Gasteiger partial charge in [-0.2, -0.15) is 0 Å². The van der Waals surface area contributed by atoms with Gasteiger partial charge in [0.15, 0.2) is 0 Å². The predicted molar refractivity (Wildman–Crippen MR) is 134 cm³/mol. The summed E-state index contributed by atoms with van der Waals surface area (Å²) in [5.41, 5.74) is 2.79. The Hall–Kier alpha value is -4.07. The van der Waals surface area contributed by atoms with Gasteiger partial charge in [-0.1, -0.05) is 30.3 Å². The molecule has 2 aromatic carbocycles. The molecule has 0 bridgehead atoms. The average Bonchev–Trinajstić information content (AvgIpc) is 2.76. The van der Waals surface area contributed by atoms with Crippen molar-refractivity contribution in [2.75, 3.05) is 16.0 Å². The van der Waals surface area contributed by atoms with Gasteiger partial charge in [-0.25, -0.2) is 4.79 Å². The Labute approximate surface area is 199 Å². The summed E-state index contributed by atoms with van der Waals surface area (Å²) in [5.74, 6) is -0.352. The molecular formula is C26H30N4O4. The Kier molecular flexibility index (Phi) is 7.40. The van der Waals surface area contributed by atoms with Crippen LogP contribution in [0.25, 0.3) is 0 Å². The summed E-state index contributed by atoms with van der Waals surface area (Å²) in [7, 11) is 1.61. The smallest absolute Gasteiger partial charge is 0.412 e. The van der Waals surface area contributed by atoms with Gasteiger partial charge in [-0.05, 0) is 57.5 Å². The highest BCUT2D eigenvalue weighted by Gasteiger charge is 2.17. The molecule has 3 aromatic rings. The van der Waals surface area contributed by atoms with Gasteiger partial charge in [-0.3, -0.25) is 14.9 Å². The highest BCUT2D eigenvalue weighted by atomic mass is 16.6. The molecule has 3 rings (SSSR count). The minimum Gasteiger partial charge on any atom is -0.444 e. The quantitative estimate of drug-likeness (QED) is 0.483. The topological polar surface area (TPSA) is 101 Å². The Bertz CT molecular complexity index is 1220. The number of hydrogen-bond acceptors (Lipinski definition) is 5. The van der Waals surface area contributed by atoms with Crippen molar-refractivity contribution in [3.63, 3.8) is 0 Å². The third-order valence-electron chi connectivity index (χ3n) is 4.86. The summed E-state index contributed by atoms with van der Waals surface area (Å²) < 4.78 is 6.71. The van der Waals surface area contributed by atoms with Crippen LogP contribution in [0, 0.1) is 6.92 Å². The molecule has 0 aliphatic heterocycles. The van der Waals surface area contributed by atoms with E-state index in [4.69, 9.17) is 4.74 Å². The second-order valence-electron chi connectivity index (χ2n) is 9.01. The lowest BCUT2D eigenvalue weighted by Gasteiger charge is -2.20. The van der Waals surface area contributed by atoms with Gasteiger partial charge >= 0.3 is 6.09 Å². The molecular weight excluding hydrogens is 432 g/mol. The fourth-order valence-electron chi connectivity index (χ4n) is 3.29. The molecule has 0 unspecified atom stereocenters. The molecule has 0 saturated carbocycles. The third kappa shape index (κ3) is 6.71. The molecule has 2 amide bonds. The van der Waals surface area contributed by atoms with E-state index in [1.807, 2.05) is 30.3 Å². The molecule has 0 atom stereocenters. The SMILES string of the molecule is Cc1cc(C(=O)Nc2ccc(NC(=O)OC(C)(C)C)cc2NCc2ccccc2)cn(C)c1=O. The summed E-state index contributed by atoms with van der Waals surface area (Å²) in [5, 5.41) is 8.93. The van der Waals surface area contributed by atoms with E-state index in [-0.39, 0.29) is 11.5 Å². The van der Waals surface area contributed by atoms with Crippen molar-refractivity contribution in [2.24, 2.45) is 7.05 Å². The normalized spacial score (nSPS) is 11.0.